The monoisotopic (exact) mass is 231 g/mol. The molecule has 5 nitrogen and oxygen atoms in total. The highest BCUT2D eigenvalue weighted by Crippen LogP contribution is 2.14. The minimum atomic E-state index is -0.126. The van der Waals surface area contributed by atoms with Crippen molar-refractivity contribution in [1.82, 2.24) is 4.98 Å². The second kappa shape index (κ2) is 4.78. The van der Waals surface area contributed by atoms with Gasteiger partial charge in [-0.05, 0) is 12.1 Å². The molecule has 0 aliphatic rings. The van der Waals surface area contributed by atoms with Gasteiger partial charge in [0.05, 0.1) is 6.21 Å². The predicted octanol–water partition coefficient (Wildman–Crippen LogP) is 0.996. The van der Waals surface area contributed by atoms with Crippen molar-refractivity contribution in [1.29, 1.82) is 0 Å². The molecule has 0 radical (unpaired) electrons. The Morgan fingerprint density at radius 3 is 2.64 bits per heavy atom. The summed E-state index contributed by atoms with van der Waals surface area (Å²) in [6.07, 6.45) is 1.38. The van der Waals surface area contributed by atoms with Crippen molar-refractivity contribution in [2.45, 2.75) is 0 Å². The summed E-state index contributed by atoms with van der Waals surface area (Å²) >= 11 is 11.3. The highest BCUT2D eigenvalue weighted by atomic mass is 35.5. The van der Waals surface area contributed by atoms with E-state index in [9.17, 15) is 0 Å². The van der Waals surface area contributed by atoms with Crippen LogP contribution in [0.1, 0.15) is 5.56 Å². The van der Waals surface area contributed by atoms with Crippen molar-refractivity contribution in [2.75, 3.05) is 0 Å². The van der Waals surface area contributed by atoms with E-state index in [1.165, 1.54) is 6.21 Å². The summed E-state index contributed by atoms with van der Waals surface area (Å²) in [6, 6.07) is 3.24. The van der Waals surface area contributed by atoms with Crippen LogP contribution in [0.15, 0.2) is 22.3 Å². The zero-order valence-electron chi connectivity index (χ0n) is 6.98. The number of halogens is 2. The van der Waals surface area contributed by atoms with E-state index in [1.807, 2.05) is 0 Å². The second-order valence-corrected chi connectivity index (χ2v) is 3.03. The Kier molecular flexibility index (Phi) is 3.67. The lowest BCUT2D eigenvalue weighted by molar-refractivity contribution is 1.21. The van der Waals surface area contributed by atoms with Gasteiger partial charge in [-0.25, -0.2) is 4.98 Å². The Hall–Kier alpha value is -1.33. The molecule has 1 aromatic rings. The molecule has 0 aliphatic heterocycles. The molecule has 0 fully saturated rings. The number of pyridine rings is 1. The first-order valence-electron chi connectivity index (χ1n) is 3.53. The maximum atomic E-state index is 5.75. The Morgan fingerprint density at radius 1 is 1.36 bits per heavy atom. The van der Waals surface area contributed by atoms with Crippen LogP contribution in [0.3, 0.4) is 0 Å². The lowest BCUT2D eigenvalue weighted by Crippen LogP contribution is -2.21. The molecule has 0 saturated carbocycles. The first-order chi connectivity index (χ1) is 6.59. The molecular weight excluding hydrogens is 225 g/mol. The number of guanidine groups is 1. The smallest absolute Gasteiger partial charge is 0.211 e. The minimum Gasteiger partial charge on any atom is -0.369 e. The molecule has 0 aliphatic carbocycles. The van der Waals surface area contributed by atoms with Crippen LogP contribution < -0.4 is 11.5 Å². The average molecular weight is 232 g/mol. The van der Waals surface area contributed by atoms with E-state index in [1.54, 1.807) is 12.1 Å². The first kappa shape index (κ1) is 10.7. The molecule has 4 N–H and O–H groups in total. The lowest BCUT2D eigenvalue weighted by atomic mass is 10.3. The Bertz CT molecular complexity index is 384. The van der Waals surface area contributed by atoms with Crippen LogP contribution in [0.5, 0.6) is 0 Å². The molecule has 1 rings (SSSR count). The predicted molar refractivity (Wildman–Crippen MR) is 57.7 cm³/mol. The standard InChI is InChI=1S/C7H7Cl2N5/c8-5-2-1-4(6(9)13-5)3-12-14-7(10)11/h1-3H,(H4,10,11,14)/b12-3-. The zero-order valence-corrected chi connectivity index (χ0v) is 8.50. The highest BCUT2D eigenvalue weighted by Gasteiger charge is 1.98. The van der Waals surface area contributed by atoms with Crippen LogP contribution in [0.25, 0.3) is 0 Å². The number of hydrogen-bond donors (Lipinski definition) is 2. The van der Waals surface area contributed by atoms with Crippen molar-refractivity contribution in [2.24, 2.45) is 21.7 Å². The van der Waals surface area contributed by atoms with E-state index < -0.39 is 0 Å². The van der Waals surface area contributed by atoms with Gasteiger partial charge >= 0.3 is 0 Å². The molecule has 0 bridgehead atoms. The van der Waals surface area contributed by atoms with Crippen LogP contribution in [0, 0.1) is 0 Å². The molecule has 1 aromatic heterocycles. The number of rotatable bonds is 2. The fourth-order valence-electron chi connectivity index (χ4n) is 0.677. The summed E-state index contributed by atoms with van der Waals surface area (Å²) in [5.74, 6) is -0.126. The first-order valence-corrected chi connectivity index (χ1v) is 4.29. The maximum Gasteiger partial charge on any atom is 0.211 e. The molecule has 0 saturated heterocycles. The molecular formula is C7H7Cl2N5. The van der Waals surface area contributed by atoms with Gasteiger partial charge in [0.25, 0.3) is 0 Å². The van der Waals surface area contributed by atoms with Gasteiger partial charge in [-0.15, -0.1) is 5.10 Å². The summed E-state index contributed by atoms with van der Waals surface area (Å²) in [6.45, 7) is 0. The van der Waals surface area contributed by atoms with E-state index in [2.05, 4.69) is 15.2 Å². The number of nitrogens with zero attached hydrogens (tertiary/aromatic N) is 3. The van der Waals surface area contributed by atoms with Crippen LogP contribution in [-0.4, -0.2) is 17.2 Å². The lowest BCUT2D eigenvalue weighted by Gasteiger charge is -1.95. The van der Waals surface area contributed by atoms with Gasteiger partial charge in [0.1, 0.15) is 10.3 Å². The van der Waals surface area contributed by atoms with Crippen molar-refractivity contribution in [3.05, 3.63) is 28.0 Å². The zero-order chi connectivity index (χ0) is 10.6. The van der Waals surface area contributed by atoms with Crippen LogP contribution in [0.2, 0.25) is 10.3 Å². The molecule has 0 atom stereocenters. The van der Waals surface area contributed by atoms with E-state index in [4.69, 9.17) is 34.7 Å². The van der Waals surface area contributed by atoms with E-state index >= 15 is 0 Å². The van der Waals surface area contributed by atoms with Crippen molar-refractivity contribution < 1.29 is 0 Å². The molecule has 1 heterocycles. The summed E-state index contributed by atoms with van der Waals surface area (Å²) in [7, 11) is 0. The fourth-order valence-corrected chi connectivity index (χ4v) is 1.07. The Balaban J connectivity index is 2.87. The van der Waals surface area contributed by atoms with Gasteiger partial charge in [0.15, 0.2) is 0 Å². The molecule has 74 valence electrons. The minimum absolute atomic E-state index is 0.126. The van der Waals surface area contributed by atoms with Crippen LogP contribution >= 0.6 is 23.2 Å². The van der Waals surface area contributed by atoms with Gasteiger partial charge < -0.3 is 11.5 Å². The largest absolute Gasteiger partial charge is 0.369 e. The summed E-state index contributed by atoms with van der Waals surface area (Å²) in [4.78, 5) is 3.80. The van der Waals surface area contributed by atoms with Crippen molar-refractivity contribution >= 4 is 35.4 Å². The quantitative estimate of drug-likeness (QED) is 0.345. The van der Waals surface area contributed by atoms with Crippen LogP contribution in [-0.2, 0) is 0 Å². The second-order valence-electron chi connectivity index (χ2n) is 2.28. The van der Waals surface area contributed by atoms with Gasteiger partial charge in [0.2, 0.25) is 5.96 Å². The summed E-state index contributed by atoms with van der Waals surface area (Å²) in [5, 5.41) is 7.54. The molecule has 0 amide bonds. The molecule has 0 unspecified atom stereocenters. The van der Waals surface area contributed by atoms with Gasteiger partial charge in [-0.1, -0.05) is 23.2 Å². The average Bonchev–Trinajstić information content (AvgIpc) is 2.08. The molecule has 0 spiro atoms. The van der Waals surface area contributed by atoms with E-state index in [-0.39, 0.29) is 11.1 Å². The number of hydrogen-bond acceptors (Lipinski definition) is 3. The Labute approximate surface area is 90.4 Å². The normalized spacial score (nSPS) is 10.4. The highest BCUT2D eigenvalue weighted by molar-refractivity contribution is 6.34. The van der Waals surface area contributed by atoms with E-state index in [0.29, 0.717) is 10.7 Å². The Morgan fingerprint density at radius 2 is 2.07 bits per heavy atom. The number of nitrogens with two attached hydrogens (primary N) is 2. The molecule has 0 aromatic carbocycles. The summed E-state index contributed by atoms with van der Waals surface area (Å²) < 4.78 is 0. The van der Waals surface area contributed by atoms with Crippen LogP contribution in [0.4, 0.5) is 0 Å². The van der Waals surface area contributed by atoms with Crippen molar-refractivity contribution in [3.8, 4) is 0 Å². The van der Waals surface area contributed by atoms with Crippen molar-refractivity contribution in [3.63, 3.8) is 0 Å². The number of aromatic nitrogens is 1. The molecule has 7 heteroatoms. The van der Waals surface area contributed by atoms with Gasteiger partial charge in [0, 0.05) is 5.56 Å². The third kappa shape index (κ3) is 3.20. The van der Waals surface area contributed by atoms with Gasteiger partial charge in [-0.2, -0.15) is 5.10 Å². The van der Waals surface area contributed by atoms with Gasteiger partial charge in [-0.3, -0.25) is 0 Å². The third-order valence-corrected chi connectivity index (χ3v) is 1.73. The maximum absolute atomic E-state index is 5.75. The third-order valence-electron chi connectivity index (χ3n) is 1.21. The van der Waals surface area contributed by atoms with E-state index in [0.717, 1.165) is 0 Å². The molecule has 14 heavy (non-hydrogen) atoms. The topological polar surface area (TPSA) is 89.7 Å². The SMILES string of the molecule is NC(N)=N/N=C\c1ccc(Cl)nc1Cl. The fraction of sp³-hybridized carbons (Fsp3) is 0. The summed E-state index contributed by atoms with van der Waals surface area (Å²) in [5.41, 5.74) is 10.7.